The van der Waals surface area contributed by atoms with Gasteiger partial charge in [0.2, 0.25) is 0 Å². The van der Waals surface area contributed by atoms with Gasteiger partial charge in [-0.1, -0.05) is 6.92 Å². The summed E-state index contributed by atoms with van der Waals surface area (Å²) in [5.41, 5.74) is 2.33. The average molecular weight is 206 g/mol. The Morgan fingerprint density at radius 1 is 1.47 bits per heavy atom. The molecule has 1 saturated heterocycles. The molecule has 3 heteroatoms. The third-order valence-electron chi connectivity index (χ3n) is 2.77. The molecular formula is C12H18N2O. The molecule has 0 atom stereocenters. The predicted octanol–water partition coefficient (Wildman–Crippen LogP) is 2.23. The maximum absolute atomic E-state index is 5.33. The maximum atomic E-state index is 5.33. The van der Waals surface area contributed by atoms with Crippen LogP contribution < -0.4 is 5.32 Å². The van der Waals surface area contributed by atoms with Gasteiger partial charge in [-0.25, -0.2) is 0 Å². The lowest BCUT2D eigenvalue weighted by molar-refractivity contribution is 0.0904. The van der Waals surface area contributed by atoms with Gasteiger partial charge in [-0.2, -0.15) is 0 Å². The van der Waals surface area contributed by atoms with Crippen LogP contribution in [-0.2, 0) is 11.2 Å². The van der Waals surface area contributed by atoms with Crippen LogP contribution in [0.25, 0.3) is 0 Å². The molecule has 0 aromatic carbocycles. The first-order valence-corrected chi connectivity index (χ1v) is 5.67. The second-order valence-electron chi connectivity index (χ2n) is 3.92. The average Bonchev–Trinajstić information content (AvgIpc) is 2.31. The zero-order chi connectivity index (χ0) is 10.5. The molecule has 82 valence electrons. The molecule has 1 fully saturated rings. The van der Waals surface area contributed by atoms with Crippen LogP contribution in [0.4, 0.5) is 5.69 Å². The zero-order valence-electron chi connectivity index (χ0n) is 9.20. The highest BCUT2D eigenvalue weighted by Crippen LogP contribution is 2.15. The molecule has 1 aromatic heterocycles. The van der Waals surface area contributed by atoms with Crippen LogP contribution in [0.5, 0.6) is 0 Å². The molecule has 3 nitrogen and oxygen atoms in total. The summed E-state index contributed by atoms with van der Waals surface area (Å²) in [5, 5.41) is 3.54. The Bertz CT molecular complexity index is 308. The van der Waals surface area contributed by atoms with Crippen molar-refractivity contribution in [2.24, 2.45) is 0 Å². The molecular weight excluding hydrogens is 188 g/mol. The summed E-state index contributed by atoms with van der Waals surface area (Å²) in [4.78, 5) is 4.29. The molecule has 0 aliphatic carbocycles. The Labute approximate surface area is 90.9 Å². The Morgan fingerprint density at radius 3 is 3.00 bits per heavy atom. The van der Waals surface area contributed by atoms with Gasteiger partial charge in [0, 0.05) is 36.8 Å². The fourth-order valence-corrected chi connectivity index (χ4v) is 1.84. The minimum Gasteiger partial charge on any atom is -0.382 e. The SMILES string of the molecule is CCc1cc(NC2CCOCC2)ccn1. The first-order valence-electron chi connectivity index (χ1n) is 5.67. The Kier molecular flexibility index (Phi) is 3.56. The van der Waals surface area contributed by atoms with Gasteiger partial charge in [-0.05, 0) is 31.4 Å². The Balaban J connectivity index is 1.96. The molecule has 0 saturated carbocycles. The van der Waals surface area contributed by atoms with Crippen LogP contribution in [0, 0.1) is 0 Å². The number of nitrogens with one attached hydrogen (secondary N) is 1. The number of nitrogens with zero attached hydrogens (tertiary/aromatic N) is 1. The number of rotatable bonds is 3. The Morgan fingerprint density at radius 2 is 2.27 bits per heavy atom. The van der Waals surface area contributed by atoms with Crippen LogP contribution in [-0.4, -0.2) is 24.2 Å². The second-order valence-corrected chi connectivity index (χ2v) is 3.92. The van der Waals surface area contributed by atoms with Gasteiger partial charge in [0.25, 0.3) is 0 Å². The highest BCUT2D eigenvalue weighted by molar-refractivity contribution is 5.44. The molecule has 0 amide bonds. The number of aromatic nitrogens is 1. The summed E-state index contributed by atoms with van der Waals surface area (Å²) < 4.78 is 5.33. The lowest BCUT2D eigenvalue weighted by Gasteiger charge is -2.24. The van der Waals surface area contributed by atoms with Crippen molar-refractivity contribution in [2.75, 3.05) is 18.5 Å². The van der Waals surface area contributed by atoms with Crippen LogP contribution in [0.3, 0.4) is 0 Å². The summed E-state index contributed by atoms with van der Waals surface area (Å²) in [6.07, 6.45) is 5.07. The van der Waals surface area contributed by atoms with E-state index in [0.29, 0.717) is 6.04 Å². The van der Waals surface area contributed by atoms with E-state index in [2.05, 4.69) is 23.3 Å². The van der Waals surface area contributed by atoms with E-state index in [1.165, 1.54) is 5.69 Å². The van der Waals surface area contributed by atoms with Crippen molar-refractivity contribution < 1.29 is 4.74 Å². The van der Waals surface area contributed by atoms with E-state index >= 15 is 0 Å². The van der Waals surface area contributed by atoms with Gasteiger partial charge in [0.1, 0.15) is 0 Å². The molecule has 1 aliphatic heterocycles. The number of hydrogen-bond acceptors (Lipinski definition) is 3. The number of hydrogen-bond donors (Lipinski definition) is 1. The van der Waals surface area contributed by atoms with Crippen molar-refractivity contribution in [1.29, 1.82) is 0 Å². The van der Waals surface area contributed by atoms with Crippen molar-refractivity contribution in [2.45, 2.75) is 32.2 Å². The van der Waals surface area contributed by atoms with E-state index in [0.717, 1.165) is 38.2 Å². The van der Waals surface area contributed by atoms with Gasteiger partial charge >= 0.3 is 0 Å². The van der Waals surface area contributed by atoms with Crippen molar-refractivity contribution >= 4 is 5.69 Å². The molecule has 1 aliphatic rings. The quantitative estimate of drug-likeness (QED) is 0.823. The van der Waals surface area contributed by atoms with E-state index in [1.807, 2.05) is 12.3 Å². The van der Waals surface area contributed by atoms with E-state index in [-0.39, 0.29) is 0 Å². The van der Waals surface area contributed by atoms with E-state index < -0.39 is 0 Å². The molecule has 1 N–H and O–H groups in total. The van der Waals surface area contributed by atoms with Crippen molar-refractivity contribution in [3.8, 4) is 0 Å². The summed E-state index contributed by atoms with van der Waals surface area (Å²) in [6, 6.07) is 4.73. The topological polar surface area (TPSA) is 34.1 Å². The maximum Gasteiger partial charge on any atom is 0.0485 e. The fraction of sp³-hybridized carbons (Fsp3) is 0.583. The second kappa shape index (κ2) is 5.12. The smallest absolute Gasteiger partial charge is 0.0485 e. The first-order chi connectivity index (χ1) is 7.38. The summed E-state index contributed by atoms with van der Waals surface area (Å²) in [6.45, 7) is 3.88. The molecule has 0 unspecified atom stereocenters. The van der Waals surface area contributed by atoms with Crippen LogP contribution >= 0.6 is 0 Å². The van der Waals surface area contributed by atoms with Gasteiger partial charge in [0.15, 0.2) is 0 Å². The van der Waals surface area contributed by atoms with Crippen molar-refractivity contribution in [3.05, 3.63) is 24.0 Å². The number of pyridine rings is 1. The van der Waals surface area contributed by atoms with E-state index in [9.17, 15) is 0 Å². The van der Waals surface area contributed by atoms with Crippen LogP contribution in [0.15, 0.2) is 18.3 Å². The summed E-state index contributed by atoms with van der Waals surface area (Å²) in [7, 11) is 0. The first kappa shape index (κ1) is 10.4. The van der Waals surface area contributed by atoms with Gasteiger partial charge in [-0.3, -0.25) is 4.98 Å². The molecule has 0 bridgehead atoms. The molecule has 15 heavy (non-hydrogen) atoms. The van der Waals surface area contributed by atoms with Crippen LogP contribution in [0.1, 0.15) is 25.5 Å². The summed E-state index contributed by atoms with van der Waals surface area (Å²) >= 11 is 0. The minimum atomic E-state index is 0.561. The number of aryl methyl sites for hydroxylation is 1. The fourth-order valence-electron chi connectivity index (χ4n) is 1.84. The number of anilines is 1. The van der Waals surface area contributed by atoms with Gasteiger partial charge in [0.05, 0.1) is 0 Å². The van der Waals surface area contributed by atoms with Crippen molar-refractivity contribution in [3.63, 3.8) is 0 Å². The lowest BCUT2D eigenvalue weighted by Crippen LogP contribution is -2.27. The highest BCUT2D eigenvalue weighted by Gasteiger charge is 2.13. The molecule has 0 radical (unpaired) electrons. The highest BCUT2D eigenvalue weighted by atomic mass is 16.5. The minimum absolute atomic E-state index is 0.561. The van der Waals surface area contributed by atoms with Gasteiger partial charge in [-0.15, -0.1) is 0 Å². The Hall–Kier alpha value is -1.09. The van der Waals surface area contributed by atoms with Crippen molar-refractivity contribution in [1.82, 2.24) is 4.98 Å². The predicted molar refractivity (Wildman–Crippen MR) is 61.1 cm³/mol. The summed E-state index contributed by atoms with van der Waals surface area (Å²) in [5.74, 6) is 0. The monoisotopic (exact) mass is 206 g/mol. The molecule has 2 rings (SSSR count). The van der Waals surface area contributed by atoms with E-state index in [4.69, 9.17) is 4.74 Å². The third kappa shape index (κ3) is 2.93. The zero-order valence-corrected chi connectivity index (χ0v) is 9.20. The third-order valence-corrected chi connectivity index (χ3v) is 2.77. The lowest BCUT2D eigenvalue weighted by atomic mass is 10.1. The standard InChI is InChI=1S/C12H18N2O/c1-2-10-9-12(3-6-13-10)14-11-4-7-15-8-5-11/h3,6,9,11H,2,4-5,7-8H2,1H3,(H,13,14). The normalized spacial score (nSPS) is 17.7. The van der Waals surface area contributed by atoms with Crippen LogP contribution in [0.2, 0.25) is 0 Å². The molecule has 1 aromatic rings. The number of ether oxygens (including phenoxy) is 1. The largest absolute Gasteiger partial charge is 0.382 e. The van der Waals surface area contributed by atoms with E-state index in [1.54, 1.807) is 0 Å². The van der Waals surface area contributed by atoms with Gasteiger partial charge < -0.3 is 10.1 Å². The molecule has 0 spiro atoms. The molecule has 2 heterocycles.